The summed E-state index contributed by atoms with van der Waals surface area (Å²) in [5, 5.41) is 9.32. The molecule has 0 heterocycles. The van der Waals surface area contributed by atoms with E-state index in [-0.39, 0.29) is 5.91 Å². The summed E-state index contributed by atoms with van der Waals surface area (Å²) in [4.78, 5) is 16.4. The van der Waals surface area contributed by atoms with Gasteiger partial charge in [-0.05, 0) is 54.7 Å². The third kappa shape index (κ3) is 7.14. The van der Waals surface area contributed by atoms with Gasteiger partial charge in [-0.1, -0.05) is 31.2 Å². The van der Waals surface area contributed by atoms with Crippen LogP contribution in [0.25, 0.3) is 0 Å². The molecule has 2 rings (SSSR count). The second-order valence-electron chi connectivity index (χ2n) is 6.86. The molecule has 1 unspecified atom stereocenters. The molecule has 0 aliphatic rings. The Morgan fingerprint density at radius 1 is 1.14 bits per heavy atom. The summed E-state index contributed by atoms with van der Waals surface area (Å²) in [7, 11) is 3.31. The molecule has 29 heavy (non-hydrogen) atoms. The minimum Gasteiger partial charge on any atom is -0.497 e. The fourth-order valence-corrected chi connectivity index (χ4v) is 2.97. The predicted octanol–water partition coefficient (Wildman–Crippen LogP) is 3.30. The Balaban J connectivity index is 1.91. The molecule has 156 valence electrons. The van der Waals surface area contributed by atoms with E-state index in [0.717, 1.165) is 36.8 Å². The van der Waals surface area contributed by atoms with E-state index in [9.17, 15) is 4.79 Å². The normalized spacial score (nSPS) is 12.2. The molecular weight excluding hydrogens is 364 g/mol. The van der Waals surface area contributed by atoms with Crippen molar-refractivity contribution in [2.75, 3.05) is 27.2 Å². The van der Waals surface area contributed by atoms with Crippen molar-refractivity contribution in [3.63, 3.8) is 0 Å². The molecule has 0 saturated carbocycles. The van der Waals surface area contributed by atoms with E-state index in [0.29, 0.717) is 18.0 Å². The van der Waals surface area contributed by atoms with Crippen LogP contribution in [0.4, 0.5) is 0 Å². The Bertz CT molecular complexity index is 803. The SMILES string of the molecule is CCNC(=NCc1cccc(C(=O)NC)c1)NCCC(C)c1ccc(OC)cc1. The Kier molecular flexibility index (Phi) is 9.02. The van der Waals surface area contributed by atoms with Crippen molar-refractivity contribution in [1.29, 1.82) is 0 Å². The Morgan fingerprint density at radius 2 is 1.90 bits per heavy atom. The highest BCUT2D eigenvalue weighted by molar-refractivity contribution is 5.94. The summed E-state index contributed by atoms with van der Waals surface area (Å²) in [6, 6.07) is 15.8. The van der Waals surface area contributed by atoms with Crippen LogP contribution in [0.1, 0.15) is 47.7 Å². The van der Waals surface area contributed by atoms with Gasteiger partial charge in [0.15, 0.2) is 5.96 Å². The van der Waals surface area contributed by atoms with Crippen LogP contribution in [0.3, 0.4) is 0 Å². The topological polar surface area (TPSA) is 74.8 Å². The van der Waals surface area contributed by atoms with Gasteiger partial charge in [-0.3, -0.25) is 4.79 Å². The van der Waals surface area contributed by atoms with Crippen LogP contribution in [0, 0.1) is 0 Å². The standard InChI is InChI=1S/C23H32N4O2/c1-5-25-23(27-16-18-7-6-8-20(15-18)22(28)24-3)26-14-13-17(2)19-9-11-21(29-4)12-10-19/h6-12,15,17H,5,13-14,16H2,1-4H3,(H,24,28)(H2,25,26,27). The lowest BCUT2D eigenvalue weighted by Crippen LogP contribution is -2.38. The van der Waals surface area contributed by atoms with Crippen LogP contribution < -0.4 is 20.7 Å². The first-order valence-electron chi connectivity index (χ1n) is 10.0. The zero-order valence-electron chi connectivity index (χ0n) is 17.8. The largest absolute Gasteiger partial charge is 0.497 e. The molecule has 0 radical (unpaired) electrons. The first kappa shape index (κ1) is 22.3. The van der Waals surface area contributed by atoms with E-state index >= 15 is 0 Å². The summed E-state index contributed by atoms with van der Waals surface area (Å²) >= 11 is 0. The maximum absolute atomic E-state index is 11.8. The number of carbonyl (C=O) groups is 1. The number of hydrogen-bond donors (Lipinski definition) is 3. The number of methoxy groups -OCH3 is 1. The third-order valence-corrected chi connectivity index (χ3v) is 4.73. The summed E-state index contributed by atoms with van der Waals surface area (Å²) in [5.74, 6) is 2.00. The van der Waals surface area contributed by atoms with Gasteiger partial charge >= 0.3 is 0 Å². The molecule has 3 N–H and O–H groups in total. The van der Waals surface area contributed by atoms with Crippen LogP contribution >= 0.6 is 0 Å². The molecular formula is C23H32N4O2. The lowest BCUT2D eigenvalue weighted by molar-refractivity contribution is 0.0963. The van der Waals surface area contributed by atoms with Crippen LogP contribution in [0.5, 0.6) is 5.75 Å². The molecule has 0 aliphatic heterocycles. The van der Waals surface area contributed by atoms with Gasteiger partial charge in [0.25, 0.3) is 5.91 Å². The number of carbonyl (C=O) groups excluding carboxylic acids is 1. The number of benzene rings is 2. The molecule has 1 atom stereocenters. The lowest BCUT2D eigenvalue weighted by Gasteiger charge is -2.15. The van der Waals surface area contributed by atoms with Crippen molar-refractivity contribution in [2.45, 2.75) is 32.7 Å². The summed E-state index contributed by atoms with van der Waals surface area (Å²) in [6.07, 6.45) is 0.989. The van der Waals surface area contributed by atoms with Gasteiger partial charge in [-0.2, -0.15) is 0 Å². The van der Waals surface area contributed by atoms with Crippen LogP contribution in [0.2, 0.25) is 0 Å². The Labute approximate surface area is 173 Å². The molecule has 0 aliphatic carbocycles. The first-order chi connectivity index (χ1) is 14.1. The van der Waals surface area contributed by atoms with Crippen LogP contribution in [-0.4, -0.2) is 39.1 Å². The summed E-state index contributed by atoms with van der Waals surface area (Å²) < 4.78 is 5.22. The Hall–Kier alpha value is -3.02. The molecule has 0 spiro atoms. The molecule has 0 saturated heterocycles. The van der Waals surface area contributed by atoms with E-state index < -0.39 is 0 Å². The number of guanidine groups is 1. The van der Waals surface area contributed by atoms with Gasteiger partial charge in [-0.25, -0.2) is 4.99 Å². The second-order valence-corrected chi connectivity index (χ2v) is 6.86. The summed E-state index contributed by atoms with van der Waals surface area (Å²) in [6.45, 7) is 6.38. The van der Waals surface area contributed by atoms with Crippen molar-refractivity contribution >= 4 is 11.9 Å². The monoisotopic (exact) mass is 396 g/mol. The number of aliphatic imine (C=N–C) groups is 1. The highest BCUT2D eigenvalue weighted by atomic mass is 16.5. The number of hydrogen-bond acceptors (Lipinski definition) is 3. The maximum Gasteiger partial charge on any atom is 0.251 e. The molecule has 6 heteroatoms. The Morgan fingerprint density at radius 3 is 2.55 bits per heavy atom. The number of nitrogens with one attached hydrogen (secondary N) is 3. The minimum atomic E-state index is -0.0895. The van der Waals surface area contributed by atoms with E-state index in [1.807, 2.05) is 37.3 Å². The fourth-order valence-electron chi connectivity index (χ4n) is 2.97. The van der Waals surface area contributed by atoms with Gasteiger partial charge in [0.05, 0.1) is 13.7 Å². The average Bonchev–Trinajstić information content (AvgIpc) is 2.77. The van der Waals surface area contributed by atoms with Crippen molar-refractivity contribution in [3.05, 3.63) is 65.2 Å². The van der Waals surface area contributed by atoms with Gasteiger partial charge in [-0.15, -0.1) is 0 Å². The fraction of sp³-hybridized carbons (Fsp3) is 0.391. The zero-order chi connectivity index (χ0) is 21.1. The maximum atomic E-state index is 11.8. The summed E-state index contributed by atoms with van der Waals surface area (Å²) in [5.41, 5.74) is 2.93. The van der Waals surface area contributed by atoms with Crippen molar-refractivity contribution in [2.24, 2.45) is 4.99 Å². The lowest BCUT2D eigenvalue weighted by atomic mass is 9.98. The molecule has 0 bridgehead atoms. The van der Waals surface area contributed by atoms with Crippen LogP contribution in [-0.2, 0) is 6.54 Å². The number of amides is 1. The number of rotatable bonds is 9. The smallest absolute Gasteiger partial charge is 0.251 e. The van der Waals surface area contributed by atoms with Crippen LogP contribution in [0.15, 0.2) is 53.5 Å². The van der Waals surface area contributed by atoms with Gasteiger partial charge in [0, 0.05) is 25.7 Å². The first-order valence-corrected chi connectivity index (χ1v) is 10.0. The molecule has 2 aromatic rings. The van der Waals surface area contributed by atoms with Gasteiger partial charge in [0.1, 0.15) is 5.75 Å². The zero-order valence-corrected chi connectivity index (χ0v) is 17.8. The highest BCUT2D eigenvalue weighted by Crippen LogP contribution is 2.21. The van der Waals surface area contributed by atoms with Gasteiger partial charge < -0.3 is 20.7 Å². The molecule has 0 aromatic heterocycles. The van der Waals surface area contributed by atoms with Crippen molar-refractivity contribution in [1.82, 2.24) is 16.0 Å². The molecule has 6 nitrogen and oxygen atoms in total. The molecule has 0 fully saturated rings. The van der Waals surface area contributed by atoms with E-state index in [2.05, 4.69) is 40.0 Å². The second kappa shape index (κ2) is 11.7. The van der Waals surface area contributed by atoms with E-state index in [1.54, 1.807) is 20.2 Å². The highest BCUT2D eigenvalue weighted by Gasteiger charge is 2.07. The molecule has 1 amide bonds. The third-order valence-electron chi connectivity index (χ3n) is 4.73. The minimum absolute atomic E-state index is 0.0895. The van der Waals surface area contributed by atoms with E-state index in [4.69, 9.17) is 4.74 Å². The number of ether oxygens (including phenoxy) is 1. The molecule has 2 aromatic carbocycles. The van der Waals surface area contributed by atoms with Crippen molar-refractivity contribution in [3.8, 4) is 5.75 Å². The van der Waals surface area contributed by atoms with Crippen molar-refractivity contribution < 1.29 is 9.53 Å². The van der Waals surface area contributed by atoms with E-state index in [1.165, 1.54) is 5.56 Å². The van der Waals surface area contributed by atoms with Gasteiger partial charge in [0.2, 0.25) is 0 Å². The predicted molar refractivity (Wildman–Crippen MR) is 119 cm³/mol. The number of nitrogens with zero attached hydrogens (tertiary/aromatic N) is 1. The quantitative estimate of drug-likeness (QED) is 0.449. The average molecular weight is 397 g/mol.